The fourth-order valence-corrected chi connectivity index (χ4v) is 1.52. The lowest BCUT2D eigenvalue weighted by molar-refractivity contribution is -0.191. The normalized spacial score (nSPS) is 10.1. The van der Waals surface area contributed by atoms with E-state index >= 15 is 0 Å². The molecule has 5 nitrogen and oxygen atoms in total. The Hall–Kier alpha value is -3.05. The molecular formula is C18H20F2N2O3. The second-order valence-electron chi connectivity index (χ2n) is 4.95. The third-order valence-electron chi connectivity index (χ3n) is 3.00. The van der Waals surface area contributed by atoms with E-state index in [0.717, 1.165) is 6.42 Å². The minimum Gasteiger partial charge on any atom is -0.399 e. The van der Waals surface area contributed by atoms with Crippen molar-refractivity contribution >= 4 is 23.4 Å². The van der Waals surface area contributed by atoms with Gasteiger partial charge in [0.15, 0.2) is 0 Å². The Morgan fingerprint density at radius 2 is 1.64 bits per heavy atom. The van der Waals surface area contributed by atoms with E-state index < -0.39 is 0 Å². The number of carbonyl (C=O) groups is 1. The van der Waals surface area contributed by atoms with E-state index in [1.54, 1.807) is 24.3 Å². The highest BCUT2D eigenvalue weighted by molar-refractivity contribution is 5.92. The zero-order valence-corrected chi connectivity index (χ0v) is 14.0. The van der Waals surface area contributed by atoms with Crippen molar-refractivity contribution in [3.63, 3.8) is 0 Å². The fourth-order valence-electron chi connectivity index (χ4n) is 1.52. The second kappa shape index (κ2) is 12.4. The van der Waals surface area contributed by atoms with Gasteiger partial charge in [-0.1, -0.05) is 26.0 Å². The number of anilines is 2. The first-order valence-corrected chi connectivity index (χ1v) is 7.40. The Morgan fingerprint density at radius 1 is 1.12 bits per heavy atom. The van der Waals surface area contributed by atoms with E-state index in [2.05, 4.69) is 5.32 Å². The molecule has 0 spiro atoms. The molecule has 0 saturated carbocycles. The molecule has 2 aromatic rings. The van der Waals surface area contributed by atoms with Gasteiger partial charge in [-0.3, -0.25) is 4.79 Å². The van der Waals surface area contributed by atoms with Gasteiger partial charge in [-0.15, -0.1) is 0 Å². The number of amides is 1. The Bertz CT molecular complexity index is 685. The predicted octanol–water partition coefficient (Wildman–Crippen LogP) is 3.63. The van der Waals surface area contributed by atoms with Crippen molar-refractivity contribution in [1.29, 1.82) is 0 Å². The van der Waals surface area contributed by atoms with Gasteiger partial charge in [0.25, 0.3) is 0 Å². The van der Waals surface area contributed by atoms with Crippen LogP contribution in [0, 0.1) is 17.6 Å². The van der Waals surface area contributed by atoms with E-state index in [1.807, 2.05) is 13.8 Å². The van der Waals surface area contributed by atoms with Gasteiger partial charge < -0.3 is 11.1 Å². The first-order chi connectivity index (χ1) is 11.8. The van der Waals surface area contributed by atoms with Crippen LogP contribution in [0.3, 0.4) is 0 Å². The van der Waals surface area contributed by atoms with Crippen LogP contribution in [0.2, 0.25) is 0 Å². The summed E-state index contributed by atoms with van der Waals surface area (Å²) in [5.41, 5.74) is 6.19. The minimum atomic E-state index is -0.341. The molecule has 0 saturated heterocycles. The maximum Gasteiger partial charge on any atom is 0.373 e. The largest absolute Gasteiger partial charge is 0.399 e. The number of nitrogen functional groups attached to an aromatic ring is 1. The summed E-state index contributed by atoms with van der Waals surface area (Å²) in [7, 11) is 0. The molecule has 0 radical (unpaired) electrons. The molecule has 1 amide bonds. The zero-order chi connectivity index (χ0) is 19.2. The molecule has 0 aliphatic rings. The van der Waals surface area contributed by atoms with Crippen molar-refractivity contribution in [1.82, 2.24) is 0 Å². The summed E-state index contributed by atoms with van der Waals surface area (Å²) < 4.78 is 24.8. The lowest BCUT2D eigenvalue weighted by atomic mass is 10.1. The summed E-state index contributed by atoms with van der Waals surface area (Å²) in [6, 6.07) is 11.7. The van der Waals surface area contributed by atoms with Crippen molar-refractivity contribution < 1.29 is 23.2 Å². The van der Waals surface area contributed by atoms with Crippen LogP contribution in [0.5, 0.6) is 0 Å². The molecule has 1 atom stereocenters. The van der Waals surface area contributed by atoms with Gasteiger partial charge in [-0.05, 0) is 42.8 Å². The Labute approximate surface area is 144 Å². The van der Waals surface area contributed by atoms with Crippen LogP contribution < -0.4 is 11.1 Å². The van der Waals surface area contributed by atoms with Gasteiger partial charge in [-0.2, -0.15) is 9.59 Å². The average Bonchev–Trinajstić information content (AvgIpc) is 2.55. The summed E-state index contributed by atoms with van der Waals surface area (Å²) in [4.78, 5) is 27.7. The molecule has 3 N–H and O–H groups in total. The van der Waals surface area contributed by atoms with Crippen LogP contribution >= 0.6 is 0 Å². The quantitative estimate of drug-likeness (QED) is 0.827. The minimum absolute atomic E-state index is 0.0433. The second-order valence-corrected chi connectivity index (χ2v) is 4.95. The van der Waals surface area contributed by atoms with Gasteiger partial charge in [0, 0.05) is 17.3 Å². The van der Waals surface area contributed by atoms with Crippen molar-refractivity contribution in [2.75, 3.05) is 11.1 Å². The van der Waals surface area contributed by atoms with Crippen molar-refractivity contribution in [3.8, 4) is 0 Å². The summed E-state index contributed by atoms with van der Waals surface area (Å²) in [5.74, 6) is -0.742. The molecule has 134 valence electrons. The fraction of sp³-hybridized carbons (Fsp3) is 0.222. The van der Waals surface area contributed by atoms with Gasteiger partial charge in [0.05, 0.1) is 0 Å². The van der Waals surface area contributed by atoms with E-state index in [-0.39, 0.29) is 29.6 Å². The smallest absolute Gasteiger partial charge is 0.373 e. The molecule has 2 rings (SSSR count). The summed E-state index contributed by atoms with van der Waals surface area (Å²) >= 11 is 0. The molecular weight excluding hydrogens is 330 g/mol. The van der Waals surface area contributed by atoms with E-state index in [4.69, 9.17) is 15.3 Å². The zero-order valence-electron chi connectivity index (χ0n) is 14.0. The average molecular weight is 350 g/mol. The SMILES string of the molecule is CCC(C)C(=O)Nc1cccc(F)c1.Nc1cccc(F)c1.O=C=O. The van der Waals surface area contributed by atoms with E-state index in [1.165, 1.54) is 24.3 Å². The molecule has 0 fully saturated rings. The first kappa shape index (κ1) is 21.9. The Balaban J connectivity index is 0.000000440. The lowest BCUT2D eigenvalue weighted by Gasteiger charge is -2.09. The number of benzene rings is 2. The molecule has 25 heavy (non-hydrogen) atoms. The molecule has 1 unspecified atom stereocenters. The number of rotatable bonds is 3. The van der Waals surface area contributed by atoms with Gasteiger partial charge in [-0.25, -0.2) is 8.78 Å². The third-order valence-corrected chi connectivity index (χ3v) is 3.00. The summed E-state index contributed by atoms with van der Waals surface area (Å²) in [6.45, 7) is 3.78. The monoisotopic (exact) mass is 350 g/mol. The molecule has 7 heteroatoms. The molecule has 0 heterocycles. The molecule has 0 aliphatic carbocycles. The Kier molecular flexibility index (Phi) is 10.9. The van der Waals surface area contributed by atoms with Gasteiger partial charge >= 0.3 is 6.15 Å². The summed E-state index contributed by atoms with van der Waals surface area (Å²) in [6.07, 6.45) is 1.03. The van der Waals surface area contributed by atoms with Crippen molar-refractivity contribution in [3.05, 3.63) is 60.2 Å². The third kappa shape index (κ3) is 10.4. The molecule has 0 aliphatic heterocycles. The maximum absolute atomic E-state index is 12.7. The summed E-state index contributed by atoms with van der Waals surface area (Å²) in [5, 5.41) is 2.65. The van der Waals surface area contributed by atoms with Crippen LogP contribution in [-0.4, -0.2) is 12.1 Å². The molecule has 2 aromatic carbocycles. The molecule has 0 aromatic heterocycles. The highest BCUT2D eigenvalue weighted by Crippen LogP contribution is 2.11. The maximum atomic E-state index is 12.7. The highest BCUT2D eigenvalue weighted by atomic mass is 19.1. The topological polar surface area (TPSA) is 89.3 Å². The van der Waals surface area contributed by atoms with Crippen LogP contribution in [0.25, 0.3) is 0 Å². The number of carbonyl (C=O) groups excluding carboxylic acids is 3. The highest BCUT2D eigenvalue weighted by Gasteiger charge is 2.10. The van der Waals surface area contributed by atoms with Crippen LogP contribution in [-0.2, 0) is 14.4 Å². The number of hydrogen-bond acceptors (Lipinski definition) is 4. The lowest BCUT2D eigenvalue weighted by Crippen LogP contribution is -2.19. The number of halogens is 2. The molecule has 0 bridgehead atoms. The Morgan fingerprint density at radius 3 is 2.04 bits per heavy atom. The van der Waals surface area contributed by atoms with Crippen LogP contribution in [0.1, 0.15) is 20.3 Å². The van der Waals surface area contributed by atoms with Gasteiger partial charge in [0.1, 0.15) is 11.6 Å². The predicted molar refractivity (Wildman–Crippen MR) is 90.3 cm³/mol. The number of hydrogen-bond donors (Lipinski definition) is 2. The number of nitrogens with two attached hydrogens (primary N) is 1. The standard InChI is InChI=1S/C11H14FNO.C6H6FN.CO2/c1-3-8(2)11(14)13-10-6-4-5-9(12)7-10;7-5-2-1-3-6(8)4-5;2-1-3/h4-8H,3H2,1-2H3,(H,13,14);1-4H,8H2;. The van der Waals surface area contributed by atoms with E-state index in [0.29, 0.717) is 11.4 Å². The van der Waals surface area contributed by atoms with Crippen LogP contribution in [0.15, 0.2) is 48.5 Å². The first-order valence-electron chi connectivity index (χ1n) is 7.40. The van der Waals surface area contributed by atoms with E-state index in [9.17, 15) is 13.6 Å². The van der Waals surface area contributed by atoms with Crippen LogP contribution in [0.4, 0.5) is 20.2 Å². The van der Waals surface area contributed by atoms with Crippen molar-refractivity contribution in [2.45, 2.75) is 20.3 Å². The van der Waals surface area contributed by atoms with Gasteiger partial charge in [0.2, 0.25) is 5.91 Å². The number of nitrogens with one attached hydrogen (secondary N) is 1. The van der Waals surface area contributed by atoms with Crippen molar-refractivity contribution in [2.24, 2.45) is 5.92 Å².